The highest BCUT2D eigenvalue weighted by Gasteiger charge is 2.31. The van der Waals surface area contributed by atoms with Crippen molar-refractivity contribution in [1.29, 1.82) is 0 Å². The van der Waals surface area contributed by atoms with Gasteiger partial charge in [0, 0.05) is 44.2 Å². The lowest BCUT2D eigenvalue weighted by atomic mass is 9.99. The van der Waals surface area contributed by atoms with Crippen molar-refractivity contribution >= 4 is 34.1 Å². The highest BCUT2D eigenvalue weighted by molar-refractivity contribution is 7.11. The molecule has 0 aliphatic carbocycles. The molecule has 3 heterocycles. The lowest BCUT2D eigenvalue weighted by Gasteiger charge is -2.18. The first kappa shape index (κ1) is 18.6. The van der Waals surface area contributed by atoms with E-state index in [2.05, 4.69) is 4.98 Å². The van der Waals surface area contributed by atoms with E-state index in [9.17, 15) is 9.59 Å². The Morgan fingerprint density at radius 2 is 2.04 bits per heavy atom. The third kappa shape index (κ3) is 3.26. The van der Waals surface area contributed by atoms with Gasteiger partial charge in [-0.25, -0.2) is 4.98 Å². The van der Waals surface area contributed by atoms with Gasteiger partial charge >= 0.3 is 0 Å². The summed E-state index contributed by atoms with van der Waals surface area (Å²) >= 11 is 1.38. The quantitative estimate of drug-likeness (QED) is 0.683. The van der Waals surface area contributed by atoms with Crippen LogP contribution >= 0.6 is 11.3 Å². The van der Waals surface area contributed by atoms with Gasteiger partial charge in [-0.15, -0.1) is 11.3 Å². The normalized spacial score (nSPS) is 16.5. The van der Waals surface area contributed by atoms with Gasteiger partial charge in [0.2, 0.25) is 0 Å². The summed E-state index contributed by atoms with van der Waals surface area (Å²) in [5, 5.41) is 0.858. The maximum atomic E-state index is 12.8. The van der Waals surface area contributed by atoms with Crippen LogP contribution in [0.5, 0.6) is 0 Å². The van der Waals surface area contributed by atoms with E-state index in [1.54, 1.807) is 24.5 Å². The van der Waals surface area contributed by atoms with Crippen molar-refractivity contribution in [2.45, 2.75) is 19.3 Å². The average molecular weight is 395 g/mol. The lowest BCUT2D eigenvalue weighted by Crippen LogP contribution is -2.28. The molecule has 0 bridgehead atoms. The SMILES string of the molecule is Cc1ncsc1C(=O)N1CCC(c2cc(C(=O)N(C)C)c3ccccc3n2)C1. The fraction of sp³-hybridized carbons (Fsp3) is 0.333. The first-order valence-corrected chi connectivity index (χ1v) is 10.1. The van der Waals surface area contributed by atoms with Crippen LogP contribution in [0, 0.1) is 6.92 Å². The predicted octanol–water partition coefficient (Wildman–Crippen LogP) is 3.33. The molecular weight excluding hydrogens is 372 g/mol. The van der Waals surface area contributed by atoms with E-state index in [1.165, 1.54) is 11.3 Å². The number of hydrogen-bond donors (Lipinski definition) is 0. The zero-order valence-corrected chi connectivity index (χ0v) is 17.0. The number of benzene rings is 1. The molecule has 1 saturated heterocycles. The minimum atomic E-state index is -0.0361. The Morgan fingerprint density at radius 3 is 2.75 bits per heavy atom. The summed E-state index contributed by atoms with van der Waals surface area (Å²) in [6.07, 6.45) is 0.838. The zero-order chi connectivity index (χ0) is 19.8. The molecule has 144 valence electrons. The maximum Gasteiger partial charge on any atom is 0.265 e. The Balaban J connectivity index is 1.66. The fourth-order valence-electron chi connectivity index (χ4n) is 3.66. The Hall–Kier alpha value is -2.80. The van der Waals surface area contributed by atoms with E-state index in [-0.39, 0.29) is 17.7 Å². The summed E-state index contributed by atoms with van der Waals surface area (Å²) in [5.74, 6) is 0.120. The van der Waals surface area contributed by atoms with Gasteiger partial charge in [-0.2, -0.15) is 0 Å². The van der Waals surface area contributed by atoms with Gasteiger partial charge in [0.05, 0.1) is 22.3 Å². The smallest absolute Gasteiger partial charge is 0.265 e. The fourth-order valence-corrected chi connectivity index (χ4v) is 4.43. The molecule has 4 rings (SSSR count). The Kier molecular flexibility index (Phi) is 4.85. The van der Waals surface area contributed by atoms with E-state index in [1.807, 2.05) is 42.2 Å². The third-order valence-electron chi connectivity index (χ3n) is 5.21. The molecule has 0 saturated carbocycles. The molecule has 2 aromatic heterocycles. The van der Waals surface area contributed by atoms with E-state index in [0.717, 1.165) is 28.7 Å². The number of hydrogen-bond acceptors (Lipinski definition) is 5. The molecule has 2 amide bonds. The molecule has 7 heteroatoms. The second-order valence-electron chi connectivity index (χ2n) is 7.32. The number of rotatable bonds is 3. The summed E-state index contributed by atoms with van der Waals surface area (Å²) < 4.78 is 0. The minimum absolute atomic E-state index is 0.0351. The number of aromatic nitrogens is 2. The van der Waals surface area contributed by atoms with Gasteiger partial charge in [0.1, 0.15) is 4.88 Å². The topological polar surface area (TPSA) is 66.4 Å². The zero-order valence-electron chi connectivity index (χ0n) is 16.2. The average Bonchev–Trinajstić information content (AvgIpc) is 3.35. The first-order valence-electron chi connectivity index (χ1n) is 9.26. The van der Waals surface area contributed by atoms with Gasteiger partial charge in [-0.1, -0.05) is 18.2 Å². The van der Waals surface area contributed by atoms with Crippen LogP contribution in [0.3, 0.4) is 0 Å². The molecule has 1 atom stereocenters. The van der Waals surface area contributed by atoms with Crippen molar-refractivity contribution < 1.29 is 9.59 Å². The second kappa shape index (κ2) is 7.31. The van der Waals surface area contributed by atoms with Gasteiger partial charge < -0.3 is 9.80 Å². The second-order valence-corrected chi connectivity index (χ2v) is 8.17. The summed E-state index contributed by atoms with van der Waals surface area (Å²) in [7, 11) is 3.51. The molecule has 1 aliphatic rings. The summed E-state index contributed by atoms with van der Waals surface area (Å²) in [6.45, 7) is 3.16. The van der Waals surface area contributed by atoms with Crippen LogP contribution in [0.4, 0.5) is 0 Å². The summed E-state index contributed by atoms with van der Waals surface area (Å²) in [6, 6.07) is 9.62. The van der Waals surface area contributed by atoms with Crippen molar-refractivity contribution in [2.24, 2.45) is 0 Å². The molecule has 3 aromatic rings. The van der Waals surface area contributed by atoms with Crippen molar-refractivity contribution in [3.8, 4) is 0 Å². The third-order valence-corrected chi connectivity index (χ3v) is 6.12. The number of carbonyl (C=O) groups is 2. The number of para-hydroxylation sites is 1. The molecule has 6 nitrogen and oxygen atoms in total. The van der Waals surface area contributed by atoms with E-state index < -0.39 is 0 Å². The molecule has 0 spiro atoms. The Labute approximate surface area is 167 Å². The van der Waals surface area contributed by atoms with Crippen LogP contribution in [0.15, 0.2) is 35.8 Å². The number of likely N-dealkylation sites (tertiary alicyclic amines) is 1. The van der Waals surface area contributed by atoms with E-state index in [0.29, 0.717) is 23.5 Å². The van der Waals surface area contributed by atoms with Crippen LogP contribution in [0.2, 0.25) is 0 Å². The minimum Gasteiger partial charge on any atom is -0.345 e. The molecule has 1 aliphatic heterocycles. The monoisotopic (exact) mass is 394 g/mol. The predicted molar refractivity (Wildman–Crippen MR) is 110 cm³/mol. The number of pyridine rings is 1. The van der Waals surface area contributed by atoms with Gasteiger partial charge in [0.25, 0.3) is 11.8 Å². The van der Waals surface area contributed by atoms with Crippen LogP contribution in [0.25, 0.3) is 10.9 Å². The highest BCUT2D eigenvalue weighted by atomic mass is 32.1. The van der Waals surface area contributed by atoms with Gasteiger partial charge in [-0.3, -0.25) is 14.6 Å². The molecule has 0 N–H and O–H groups in total. The largest absolute Gasteiger partial charge is 0.345 e. The van der Waals surface area contributed by atoms with Gasteiger partial charge in [-0.05, 0) is 25.5 Å². The number of amides is 2. The lowest BCUT2D eigenvalue weighted by molar-refractivity contribution is 0.0792. The van der Waals surface area contributed by atoms with Crippen LogP contribution < -0.4 is 0 Å². The standard InChI is InChI=1S/C21H22N4O2S/c1-13-19(28-12-22-13)21(27)25-9-8-14(11-25)18-10-16(20(26)24(2)3)15-6-4-5-7-17(15)23-18/h4-7,10,12,14H,8-9,11H2,1-3H3. The first-order chi connectivity index (χ1) is 13.5. The van der Waals surface area contributed by atoms with Crippen LogP contribution in [0.1, 0.15) is 43.8 Å². The van der Waals surface area contributed by atoms with E-state index >= 15 is 0 Å². The number of aryl methyl sites for hydroxylation is 1. The molecule has 1 aromatic carbocycles. The summed E-state index contributed by atoms with van der Waals surface area (Å²) in [5.41, 5.74) is 4.84. The Bertz CT molecular complexity index is 1060. The molecule has 1 fully saturated rings. The van der Waals surface area contributed by atoms with Crippen molar-refractivity contribution in [3.05, 3.63) is 57.7 Å². The van der Waals surface area contributed by atoms with Gasteiger partial charge in [0.15, 0.2) is 0 Å². The molecule has 0 radical (unpaired) electrons. The highest BCUT2D eigenvalue weighted by Crippen LogP contribution is 2.31. The number of carbonyl (C=O) groups excluding carboxylic acids is 2. The molecular formula is C21H22N4O2S. The van der Waals surface area contributed by atoms with Crippen molar-refractivity contribution in [3.63, 3.8) is 0 Å². The molecule has 28 heavy (non-hydrogen) atoms. The summed E-state index contributed by atoms with van der Waals surface area (Å²) in [4.78, 5) is 38.7. The number of thiazole rings is 1. The van der Waals surface area contributed by atoms with E-state index in [4.69, 9.17) is 4.98 Å². The van der Waals surface area contributed by atoms with Crippen LogP contribution in [-0.2, 0) is 0 Å². The van der Waals surface area contributed by atoms with Crippen LogP contribution in [-0.4, -0.2) is 58.8 Å². The number of fused-ring (bicyclic) bond motifs is 1. The maximum absolute atomic E-state index is 12.8. The van der Waals surface area contributed by atoms with Crippen molar-refractivity contribution in [1.82, 2.24) is 19.8 Å². The van der Waals surface area contributed by atoms with Crippen molar-refractivity contribution in [2.75, 3.05) is 27.2 Å². The Morgan fingerprint density at radius 1 is 1.25 bits per heavy atom. The molecule has 1 unspecified atom stereocenters. The number of nitrogens with zero attached hydrogens (tertiary/aromatic N) is 4.